The van der Waals surface area contributed by atoms with Gasteiger partial charge in [-0.2, -0.15) is 0 Å². The van der Waals surface area contributed by atoms with Gasteiger partial charge in [-0.05, 0) is 50.8 Å². The first-order chi connectivity index (χ1) is 10.8. The molecule has 1 heterocycles. The van der Waals surface area contributed by atoms with Crippen molar-refractivity contribution in [3.8, 4) is 5.75 Å². The Kier molecular flexibility index (Phi) is 5.29. The lowest BCUT2D eigenvalue weighted by Gasteiger charge is -2.32. The number of ether oxygens (including phenoxy) is 1. The van der Waals surface area contributed by atoms with Crippen LogP contribution in [0.15, 0.2) is 24.3 Å². The van der Waals surface area contributed by atoms with Gasteiger partial charge in [0.2, 0.25) is 0 Å². The number of aliphatic carboxylic acids is 1. The molecule has 1 aliphatic heterocycles. The lowest BCUT2D eigenvalue weighted by molar-refractivity contribution is -0.155. The molecule has 0 aromatic heterocycles. The molecule has 1 aromatic carbocycles. The van der Waals surface area contributed by atoms with Crippen molar-refractivity contribution in [3.63, 3.8) is 0 Å². The number of aryl methyl sites for hydroxylation is 1. The lowest BCUT2D eigenvalue weighted by atomic mass is 10.1. The number of hydrogen-bond acceptors (Lipinski definition) is 3. The fourth-order valence-electron chi connectivity index (χ4n) is 2.96. The van der Waals surface area contributed by atoms with E-state index >= 15 is 0 Å². The quantitative estimate of drug-likeness (QED) is 0.875. The zero-order valence-corrected chi connectivity index (χ0v) is 14.0. The molecule has 1 saturated heterocycles. The van der Waals surface area contributed by atoms with Crippen molar-refractivity contribution in [2.75, 3.05) is 6.54 Å². The third-order valence-electron chi connectivity index (χ3n) is 4.15. The third-order valence-corrected chi connectivity index (χ3v) is 4.15. The van der Waals surface area contributed by atoms with Crippen molar-refractivity contribution in [2.45, 2.75) is 58.1 Å². The predicted octanol–water partition coefficient (Wildman–Crippen LogP) is 2.87. The second-order valence-electron chi connectivity index (χ2n) is 6.50. The van der Waals surface area contributed by atoms with E-state index < -0.39 is 17.6 Å². The molecule has 5 nitrogen and oxygen atoms in total. The summed E-state index contributed by atoms with van der Waals surface area (Å²) in [4.78, 5) is 25.4. The minimum atomic E-state index is -1.09. The number of likely N-dealkylation sites (tertiary alicyclic amines) is 1. The molecule has 1 aliphatic rings. The molecule has 1 aromatic rings. The van der Waals surface area contributed by atoms with Gasteiger partial charge in [-0.3, -0.25) is 4.79 Å². The van der Waals surface area contributed by atoms with Crippen molar-refractivity contribution >= 4 is 11.9 Å². The number of amides is 1. The molecule has 1 atom stereocenters. The zero-order chi connectivity index (χ0) is 17.0. The minimum Gasteiger partial charge on any atom is -0.480 e. The molecule has 1 amide bonds. The van der Waals surface area contributed by atoms with E-state index in [1.165, 1.54) is 10.5 Å². The average molecular weight is 319 g/mol. The van der Waals surface area contributed by atoms with E-state index in [0.717, 1.165) is 12.8 Å². The van der Waals surface area contributed by atoms with Crippen LogP contribution in [0.2, 0.25) is 0 Å². The van der Waals surface area contributed by atoms with E-state index in [0.29, 0.717) is 25.1 Å². The maximum Gasteiger partial charge on any atom is 0.326 e. The zero-order valence-electron chi connectivity index (χ0n) is 14.0. The van der Waals surface area contributed by atoms with Crippen LogP contribution in [0.5, 0.6) is 5.75 Å². The van der Waals surface area contributed by atoms with Gasteiger partial charge in [0, 0.05) is 6.54 Å². The minimum absolute atomic E-state index is 0.278. The number of carbonyl (C=O) groups excluding carboxylic acids is 1. The highest BCUT2D eigenvalue weighted by Gasteiger charge is 2.42. The van der Waals surface area contributed by atoms with E-state index in [-0.39, 0.29) is 5.91 Å². The normalized spacial score (nSPS) is 18.0. The molecule has 2 rings (SSSR count). The number of carbonyl (C=O) groups is 2. The van der Waals surface area contributed by atoms with Crippen molar-refractivity contribution < 1.29 is 19.4 Å². The predicted molar refractivity (Wildman–Crippen MR) is 87.5 cm³/mol. The van der Waals surface area contributed by atoms with Gasteiger partial charge in [-0.25, -0.2) is 4.79 Å². The molecular weight excluding hydrogens is 294 g/mol. The Labute approximate surface area is 137 Å². The second-order valence-corrected chi connectivity index (χ2v) is 6.50. The molecule has 0 aliphatic carbocycles. The molecule has 1 unspecified atom stereocenters. The molecule has 1 fully saturated rings. The lowest BCUT2D eigenvalue weighted by Crippen LogP contribution is -2.52. The van der Waals surface area contributed by atoms with Gasteiger partial charge in [-0.15, -0.1) is 0 Å². The van der Waals surface area contributed by atoms with E-state index in [2.05, 4.69) is 6.92 Å². The van der Waals surface area contributed by atoms with E-state index in [1.807, 2.05) is 24.3 Å². The van der Waals surface area contributed by atoms with Crippen LogP contribution in [-0.2, 0) is 16.0 Å². The maximum atomic E-state index is 12.7. The third kappa shape index (κ3) is 4.03. The van der Waals surface area contributed by atoms with Gasteiger partial charge in [-0.1, -0.05) is 25.5 Å². The van der Waals surface area contributed by atoms with Crippen molar-refractivity contribution in [3.05, 3.63) is 29.8 Å². The van der Waals surface area contributed by atoms with Crippen LogP contribution in [-0.4, -0.2) is 40.1 Å². The fourth-order valence-corrected chi connectivity index (χ4v) is 2.96. The number of carboxylic acids is 1. The Balaban J connectivity index is 2.08. The number of hydrogen-bond donors (Lipinski definition) is 1. The van der Waals surface area contributed by atoms with Crippen LogP contribution in [0.1, 0.15) is 45.6 Å². The number of benzene rings is 1. The van der Waals surface area contributed by atoms with E-state index in [9.17, 15) is 14.7 Å². The highest BCUT2D eigenvalue weighted by Crippen LogP contribution is 2.26. The Morgan fingerprint density at radius 3 is 2.52 bits per heavy atom. The van der Waals surface area contributed by atoms with Gasteiger partial charge < -0.3 is 14.7 Å². The van der Waals surface area contributed by atoms with Crippen molar-refractivity contribution in [1.82, 2.24) is 4.90 Å². The standard InChI is InChI=1S/C18H25NO4/c1-4-6-13-8-10-14(11-9-13)23-18(2,3)17(22)19-12-5-7-15(19)16(20)21/h8-11,15H,4-7,12H2,1-3H3,(H,20,21). The fraction of sp³-hybridized carbons (Fsp3) is 0.556. The molecular formula is C18H25NO4. The Bertz CT molecular complexity index is 565. The molecule has 0 radical (unpaired) electrons. The summed E-state index contributed by atoms with van der Waals surface area (Å²) < 4.78 is 5.85. The van der Waals surface area contributed by atoms with E-state index in [1.54, 1.807) is 13.8 Å². The summed E-state index contributed by atoms with van der Waals surface area (Å²) in [6.45, 7) is 5.97. The largest absolute Gasteiger partial charge is 0.480 e. The van der Waals surface area contributed by atoms with Crippen LogP contribution in [0, 0.1) is 0 Å². The Morgan fingerprint density at radius 2 is 1.96 bits per heavy atom. The van der Waals surface area contributed by atoms with Gasteiger partial charge in [0.15, 0.2) is 5.60 Å². The number of carboxylic acid groups (broad SMARTS) is 1. The van der Waals surface area contributed by atoms with Crippen LogP contribution >= 0.6 is 0 Å². The van der Waals surface area contributed by atoms with Gasteiger partial charge in [0.1, 0.15) is 11.8 Å². The highest BCUT2D eigenvalue weighted by atomic mass is 16.5. The van der Waals surface area contributed by atoms with Gasteiger partial charge in [0.05, 0.1) is 0 Å². The SMILES string of the molecule is CCCc1ccc(OC(C)(C)C(=O)N2CCCC2C(=O)O)cc1. The summed E-state index contributed by atoms with van der Waals surface area (Å²) in [5, 5.41) is 9.23. The Hall–Kier alpha value is -2.04. The van der Waals surface area contributed by atoms with Crippen LogP contribution in [0.3, 0.4) is 0 Å². The summed E-state index contributed by atoms with van der Waals surface area (Å²) in [7, 11) is 0. The molecule has 23 heavy (non-hydrogen) atoms. The maximum absolute atomic E-state index is 12.7. The molecule has 0 spiro atoms. The van der Waals surface area contributed by atoms with Crippen LogP contribution in [0.4, 0.5) is 0 Å². The molecule has 1 N–H and O–H groups in total. The second kappa shape index (κ2) is 7.02. The average Bonchev–Trinajstić information content (AvgIpc) is 2.98. The summed E-state index contributed by atoms with van der Waals surface area (Å²) in [5.74, 6) is -0.607. The first kappa shape index (κ1) is 17.3. The van der Waals surface area contributed by atoms with Crippen LogP contribution < -0.4 is 4.74 Å². The number of nitrogens with zero attached hydrogens (tertiary/aromatic N) is 1. The number of rotatable bonds is 6. The Morgan fingerprint density at radius 1 is 1.30 bits per heavy atom. The first-order valence-electron chi connectivity index (χ1n) is 8.17. The topological polar surface area (TPSA) is 66.8 Å². The van der Waals surface area contributed by atoms with Gasteiger partial charge >= 0.3 is 5.97 Å². The van der Waals surface area contributed by atoms with Crippen LogP contribution in [0.25, 0.3) is 0 Å². The molecule has 126 valence electrons. The summed E-state index contributed by atoms with van der Waals surface area (Å²) in [5.41, 5.74) is 0.138. The first-order valence-corrected chi connectivity index (χ1v) is 8.17. The highest BCUT2D eigenvalue weighted by molar-refractivity contribution is 5.89. The van der Waals surface area contributed by atoms with Crippen molar-refractivity contribution in [1.29, 1.82) is 0 Å². The monoisotopic (exact) mass is 319 g/mol. The smallest absolute Gasteiger partial charge is 0.326 e. The van der Waals surface area contributed by atoms with Crippen molar-refractivity contribution in [2.24, 2.45) is 0 Å². The molecule has 0 saturated carbocycles. The molecule has 5 heteroatoms. The summed E-state index contributed by atoms with van der Waals surface area (Å²) in [6.07, 6.45) is 3.31. The molecule has 0 bridgehead atoms. The van der Waals surface area contributed by atoms with E-state index in [4.69, 9.17) is 4.74 Å². The summed E-state index contributed by atoms with van der Waals surface area (Å²) >= 11 is 0. The van der Waals surface area contributed by atoms with Gasteiger partial charge in [0.25, 0.3) is 5.91 Å². The summed E-state index contributed by atoms with van der Waals surface area (Å²) in [6, 6.07) is 6.97.